The van der Waals surface area contributed by atoms with Gasteiger partial charge in [0.25, 0.3) is 0 Å². The maximum Gasteiger partial charge on any atom is 0.339 e. The largest absolute Gasteiger partial charge is 0.400 e. The number of methoxy groups -OCH3 is 1. The van der Waals surface area contributed by atoms with Crippen molar-refractivity contribution in [2.24, 2.45) is 0 Å². The van der Waals surface area contributed by atoms with Crippen LogP contribution in [0.25, 0.3) is 10.8 Å². The van der Waals surface area contributed by atoms with Crippen LogP contribution in [0.2, 0.25) is 0 Å². The molecule has 2 atom stereocenters. The lowest BCUT2D eigenvalue weighted by atomic mass is 10.1. The summed E-state index contributed by atoms with van der Waals surface area (Å²) in [6.07, 6.45) is 2.32. The molecule has 4 nitrogen and oxygen atoms in total. The summed E-state index contributed by atoms with van der Waals surface area (Å²) in [6, 6.07) is 24.7. The fraction of sp³-hybridized carbons (Fsp3) is 0.385. The minimum Gasteiger partial charge on any atom is -0.400 e. The van der Waals surface area contributed by atoms with Crippen LogP contribution in [0.5, 0.6) is 0 Å². The standard InChI is InChI=1S/C26H34N2O2Si/c1-27(2)19-22-12-6-8-16-25(22)31(30-4,28-18-10-14-23(28)20-29-3)26-17-9-13-21-11-5-7-15-24(21)26/h5-9,11-13,15-17,23H,10,14,18-20H2,1-4H3/t23-,31?/m0/s1. The summed E-state index contributed by atoms with van der Waals surface area (Å²) in [5.74, 6) is 0. The molecule has 5 heteroatoms. The highest BCUT2D eigenvalue weighted by atomic mass is 28.4. The van der Waals surface area contributed by atoms with Gasteiger partial charge in [-0.1, -0.05) is 66.7 Å². The van der Waals surface area contributed by atoms with Gasteiger partial charge in [-0.15, -0.1) is 0 Å². The van der Waals surface area contributed by atoms with Crippen molar-refractivity contribution in [3.05, 3.63) is 72.3 Å². The lowest BCUT2D eigenvalue weighted by Crippen LogP contribution is -2.74. The van der Waals surface area contributed by atoms with Gasteiger partial charge in [-0.3, -0.25) is 4.57 Å². The average Bonchev–Trinajstić information content (AvgIpc) is 3.24. The number of ether oxygens (including phenoxy) is 1. The fourth-order valence-electron chi connectivity index (χ4n) is 5.26. The number of benzene rings is 3. The Balaban J connectivity index is 2.02. The Labute approximate surface area is 187 Å². The average molecular weight is 435 g/mol. The van der Waals surface area contributed by atoms with Crippen molar-refractivity contribution in [1.82, 2.24) is 9.47 Å². The number of hydrogen-bond acceptors (Lipinski definition) is 4. The zero-order chi connectivity index (χ0) is 21.8. The van der Waals surface area contributed by atoms with Gasteiger partial charge in [0.15, 0.2) is 0 Å². The van der Waals surface area contributed by atoms with E-state index in [0.717, 1.165) is 26.1 Å². The monoisotopic (exact) mass is 434 g/mol. The minimum absolute atomic E-state index is 0.364. The molecule has 1 unspecified atom stereocenters. The van der Waals surface area contributed by atoms with Crippen LogP contribution in [0, 0.1) is 0 Å². The van der Waals surface area contributed by atoms with Crippen LogP contribution in [0.4, 0.5) is 0 Å². The molecule has 0 bridgehead atoms. The molecular weight excluding hydrogens is 400 g/mol. The van der Waals surface area contributed by atoms with Crippen LogP contribution < -0.4 is 10.4 Å². The van der Waals surface area contributed by atoms with E-state index in [0.29, 0.717) is 6.04 Å². The lowest BCUT2D eigenvalue weighted by molar-refractivity contribution is 0.138. The quantitative estimate of drug-likeness (QED) is 0.508. The molecule has 31 heavy (non-hydrogen) atoms. The Hall–Kier alpha value is -2.02. The molecule has 0 aromatic heterocycles. The summed E-state index contributed by atoms with van der Waals surface area (Å²) in [7, 11) is 5.26. The van der Waals surface area contributed by atoms with E-state index in [1.165, 1.54) is 33.1 Å². The number of hydrogen-bond donors (Lipinski definition) is 0. The number of nitrogens with zero attached hydrogens (tertiary/aromatic N) is 2. The normalized spacial score (nSPS) is 19.2. The minimum atomic E-state index is -2.74. The Morgan fingerprint density at radius 1 is 0.935 bits per heavy atom. The Bertz CT molecular complexity index is 1020. The van der Waals surface area contributed by atoms with E-state index in [9.17, 15) is 0 Å². The second-order valence-electron chi connectivity index (χ2n) is 8.71. The molecule has 0 aliphatic carbocycles. The van der Waals surface area contributed by atoms with Gasteiger partial charge < -0.3 is 14.1 Å². The molecule has 0 radical (unpaired) electrons. The van der Waals surface area contributed by atoms with Gasteiger partial charge in [0.1, 0.15) is 0 Å². The first-order valence-corrected chi connectivity index (χ1v) is 13.0. The highest BCUT2D eigenvalue weighted by Gasteiger charge is 2.51. The lowest BCUT2D eigenvalue weighted by Gasteiger charge is -2.43. The van der Waals surface area contributed by atoms with Crippen LogP contribution in [-0.4, -0.2) is 65.5 Å². The van der Waals surface area contributed by atoms with E-state index in [1.54, 1.807) is 0 Å². The van der Waals surface area contributed by atoms with Crippen LogP contribution in [0.3, 0.4) is 0 Å². The molecule has 0 N–H and O–H groups in total. The molecule has 164 valence electrons. The molecule has 0 spiro atoms. The summed E-state index contributed by atoms with van der Waals surface area (Å²) in [6.45, 7) is 2.66. The molecule has 1 saturated heterocycles. The van der Waals surface area contributed by atoms with Crippen molar-refractivity contribution < 1.29 is 9.16 Å². The zero-order valence-corrected chi connectivity index (χ0v) is 20.2. The topological polar surface area (TPSA) is 24.9 Å². The van der Waals surface area contributed by atoms with Crippen molar-refractivity contribution in [2.45, 2.75) is 25.4 Å². The number of rotatable bonds is 8. The summed E-state index contributed by atoms with van der Waals surface area (Å²) in [5.41, 5.74) is 1.34. The smallest absolute Gasteiger partial charge is 0.339 e. The molecule has 1 aliphatic heterocycles. The SMILES string of the molecule is COC[C@@H]1CCCN1[Si](OC)(c1ccccc1CN(C)C)c1cccc2ccccc12. The second kappa shape index (κ2) is 9.63. The second-order valence-corrected chi connectivity index (χ2v) is 12.1. The van der Waals surface area contributed by atoms with Crippen molar-refractivity contribution in [1.29, 1.82) is 0 Å². The van der Waals surface area contributed by atoms with E-state index < -0.39 is 8.48 Å². The van der Waals surface area contributed by atoms with Gasteiger partial charge in [-0.2, -0.15) is 0 Å². The number of fused-ring (bicyclic) bond motifs is 1. The van der Waals surface area contributed by atoms with E-state index >= 15 is 0 Å². The first-order valence-electron chi connectivity index (χ1n) is 11.1. The summed E-state index contributed by atoms with van der Waals surface area (Å²) >= 11 is 0. The van der Waals surface area contributed by atoms with Gasteiger partial charge in [-0.05, 0) is 60.2 Å². The molecule has 4 rings (SSSR count). The Morgan fingerprint density at radius 3 is 2.42 bits per heavy atom. The predicted octanol–water partition coefficient (Wildman–Crippen LogP) is 3.22. The highest BCUT2D eigenvalue weighted by molar-refractivity contribution is 6.97. The molecule has 3 aromatic carbocycles. The Kier molecular flexibility index (Phi) is 6.89. The first kappa shape index (κ1) is 22.2. The van der Waals surface area contributed by atoms with Gasteiger partial charge in [0.2, 0.25) is 0 Å². The van der Waals surface area contributed by atoms with Crippen molar-refractivity contribution in [3.63, 3.8) is 0 Å². The van der Waals surface area contributed by atoms with Crippen LogP contribution in [-0.2, 0) is 15.7 Å². The van der Waals surface area contributed by atoms with Crippen LogP contribution in [0.1, 0.15) is 18.4 Å². The third-order valence-corrected chi connectivity index (χ3v) is 10.8. The van der Waals surface area contributed by atoms with Crippen molar-refractivity contribution >= 4 is 29.6 Å². The van der Waals surface area contributed by atoms with E-state index in [-0.39, 0.29) is 0 Å². The van der Waals surface area contributed by atoms with E-state index in [1.807, 2.05) is 14.2 Å². The predicted molar refractivity (Wildman–Crippen MR) is 131 cm³/mol. The summed E-state index contributed by atoms with van der Waals surface area (Å²) in [5, 5.41) is 5.25. The Morgan fingerprint density at radius 2 is 1.65 bits per heavy atom. The van der Waals surface area contributed by atoms with Crippen LogP contribution in [0.15, 0.2) is 66.7 Å². The molecule has 0 amide bonds. The molecule has 3 aromatic rings. The van der Waals surface area contributed by atoms with E-state index in [4.69, 9.17) is 9.16 Å². The molecule has 0 saturated carbocycles. The van der Waals surface area contributed by atoms with Crippen molar-refractivity contribution in [2.75, 3.05) is 41.5 Å². The zero-order valence-electron chi connectivity index (χ0n) is 19.2. The molecule has 1 aliphatic rings. The third-order valence-electron chi connectivity index (χ3n) is 6.46. The molecule has 1 fully saturated rings. The summed E-state index contributed by atoms with van der Waals surface area (Å²) < 4.78 is 15.1. The fourth-order valence-corrected chi connectivity index (χ4v) is 9.87. The first-order chi connectivity index (χ1) is 15.1. The van der Waals surface area contributed by atoms with Crippen molar-refractivity contribution in [3.8, 4) is 0 Å². The maximum atomic E-state index is 6.79. The third kappa shape index (κ3) is 4.09. The maximum absolute atomic E-state index is 6.79. The van der Waals surface area contributed by atoms with Gasteiger partial charge >= 0.3 is 8.48 Å². The summed E-state index contributed by atoms with van der Waals surface area (Å²) in [4.78, 5) is 2.24. The van der Waals surface area contributed by atoms with E-state index in [2.05, 4.69) is 90.3 Å². The van der Waals surface area contributed by atoms with Gasteiger partial charge in [0.05, 0.1) is 6.61 Å². The molecule has 1 heterocycles. The van der Waals surface area contributed by atoms with Crippen LogP contribution >= 0.6 is 0 Å². The molecular formula is C26H34N2O2Si. The van der Waals surface area contributed by atoms with Gasteiger partial charge in [0, 0.05) is 26.8 Å². The van der Waals surface area contributed by atoms with Gasteiger partial charge in [-0.25, -0.2) is 0 Å². The highest BCUT2D eigenvalue weighted by Crippen LogP contribution is 2.28.